The van der Waals surface area contributed by atoms with Crippen molar-refractivity contribution < 1.29 is 9.90 Å². The SMILES string of the molecule is O=C(O)c1cc2c(=O)[nH]c(C(=S)c3ccccc3)nc2s1. The zero-order valence-corrected chi connectivity index (χ0v) is 12.1. The first-order valence-electron chi connectivity index (χ1n) is 5.93. The van der Waals surface area contributed by atoms with Gasteiger partial charge in [0.05, 0.1) is 10.3 Å². The lowest BCUT2D eigenvalue weighted by atomic mass is 10.1. The molecular formula is C14H8N2O3S2. The molecule has 2 heterocycles. The smallest absolute Gasteiger partial charge is 0.345 e. The van der Waals surface area contributed by atoms with Gasteiger partial charge in [-0.1, -0.05) is 42.5 Å². The minimum Gasteiger partial charge on any atom is -0.477 e. The number of nitrogens with zero attached hydrogens (tertiary/aromatic N) is 1. The first-order valence-corrected chi connectivity index (χ1v) is 7.15. The predicted molar refractivity (Wildman–Crippen MR) is 84.4 cm³/mol. The van der Waals surface area contributed by atoms with Crippen molar-refractivity contribution in [1.29, 1.82) is 0 Å². The number of carboxylic acid groups (broad SMARTS) is 1. The summed E-state index contributed by atoms with van der Waals surface area (Å²) < 4.78 is 0. The molecule has 0 atom stereocenters. The molecule has 0 fully saturated rings. The maximum atomic E-state index is 12.0. The van der Waals surface area contributed by atoms with Gasteiger partial charge in [0.1, 0.15) is 9.71 Å². The molecule has 0 spiro atoms. The number of fused-ring (bicyclic) bond motifs is 1. The molecular weight excluding hydrogens is 308 g/mol. The first kappa shape index (κ1) is 13.6. The van der Waals surface area contributed by atoms with E-state index < -0.39 is 11.5 Å². The Morgan fingerprint density at radius 2 is 2.00 bits per heavy atom. The van der Waals surface area contributed by atoms with Crippen LogP contribution < -0.4 is 5.56 Å². The van der Waals surface area contributed by atoms with Gasteiger partial charge in [0.25, 0.3) is 5.56 Å². The summed E-state index contributed by atoms with van der Waals surface area (Å²) in [4.78, 5) is 30.7. The van der Waals surface area contributed by atoms with Crippen molar-refractivity contribution in [2.24, 2.45) is 0 Å². The van der Waals surface area contributed by atoms with E-state index in [1.165, 1.54) is 6.07 Å². The van der Waals surface area contributed by atoms with Gasteiger partial charge in [-0.15, -0.1) is 11.3 Å². The topological polar surface area (TPSA) is 83.0 Å². The Hall–Kier alpha value is -2.38. The molecule has 2 aromatic heterocycles. The lowest BCUT2D eigenvalue weighted by Gasteiger charge is -2.02. The van der Waals surface area contributed by atoms with Gasteiger partial charge in [-0.2, -0.15) is 0 Å². The molecule has 0 saturated heterocycles. The standard InChI is InChI=1S/C14H8N2O3S2/c17-12-8-6-9(14(18)19)21-13(8)16-11(15-12)10(20)7-4-2-1-3-5-7/h1-6H,(H,18,19)(H,15,16,17). The average Bonchev–Trinajstić information content (AvgIpc) is 2.92. The maximum absolute atomic E-state index is 12.0. The Morgan fingerprint density at radius 1 is 1.29 bits per heavy atom. The second-order valence-corrected chi connectivity index (χ2v) is 5.68. The van der Waals surface area contributed by atoms with E-state index in [0.717, 1.165) is 16.9 Å². The molecule has 0 unspecified atom stereocenters. The maximum Gasteiger partial charge on any atom is 0.345 e. The van der Waals surface area contributed by atoms with E-state index in [0.29, 0.717) is 9.69 Å². The molecule has 0 aliphatic carbocycles. The number of thiocarbonyl (C=S) groups is 1. The number of thiophene rings is 1. The number of aromatic carboxylic acids is 1. The van der Waals surface area contributed by atoms with E-state index in [4.69, 9.17) is 17.3 Å². The third-order valence-corrected chi connectivity index (χ3v) is 4.31. The summed E-state index contributed by atoms with van der Waals surface area (Å²) in [7, 11) is 0. The van der Waals surface area contributed by atoms with Gasteiger partial charge < -0.3 is 10.1 Å². The number of aromatic amines is 1. The Balaban J connectivity index is 2.15. The fourth-order valence-electron chi connectivity index (χ4n) is 1.87. The quantitative estimate of drug-likeness (QED) is 0.573. The molecule has 2 N–H and O–H groups in total. The molecule has 1 aromatic carbocycles. The van der Waals surface area contributed by atoms with Crippen molar-refractivity contribution >= 4 is 44.6 Å². The number of carboxylic acids is 1. The van der Waals surface area contributed by atoms with Gasteiger partial charge in [0.2, 0.25) is 0 Å². The molecule has 0 aliphatic rings. The monoisotopic (exact) mass is 316 g/mol. The lowest BCUT2D eigenvalue weighted by molar-refractivity contribution is 0.0702. The van der Waals surface area contributed by atoms with Crippen LogP contribution in [0.2, 0.25) is 0 Å². The van der Waals surface area contributed by atoms with Crippen LogP contribution in [0.15, 0.2) is 41.2 Å². The molecule has 7 heteroatoms. The van der Waals surface area contributed by atoms with Crippen molar-refractivity contribution in [3.05, 3.63) is 63.0 Å². The zero-order valence-electron chi connectivity index (χ0n) is 10.5. The van der Waals surface area contributed by atoms with Gasteiger partial charge in [-0.25, -0.2) is 9.78 Å². The number of benzene rings is 1. The van der Waals surface area contributed by atoms with Crippen LogP contribution in [0.4, 0.5) is 0 Å². The van der Waals surface area contributed by atoms with Crippen LogP contribution in [0.1, 0.15) is 21.1 Å². The van der Waals surface area contributed by atoms with E-state index in [1.807, 2.05) is 30.3 Å². The summed E-state index contributed by atoms with van der Waals surface area (Å²) in [6, 6.07) is 10.5. The Morgan fingerprint density at radius 3 is 2.67 bits per heavy atom. The summed E-state index contributed by atoms with van der Waals surface area (Å²) in [5.74, 6) is -0.808. The van der Waals surface area contributed by atoms with Crippen LogP contribution in [-0.4, -0.2) is 25.9 Å². The third-order valence-electron chi connectivity index (χ3n) is 2.86. The average molecular weight is 316 g/mol. The van der Waals surface area contributed by atoms with E-state index in [2.05, 4.69) is 9.97 Å². The van der Waals surface area contributed by atoms with E-state index in [-0.39, 0.29) is 16.1 Å². The van der Waals surface area contributed by atoms with Crippen LogP contribution in [-0.2, 0) is 0 Å². The number of nitrogens with one attached hydrogen (secondary N) is 1. The first-order chi connectivity index (χ1) is 10.1. The van der Waals surface area contributed by atoms with Gasteiger partial charge >= 0.3 is 5.97 Å². The van der Waals surface area contributed by atoms with Gasteiger partial charge in [0, 0.05) is 0 Å². The fourth-order valence-corrected chi connectivity index (χ4v) is 2.97. The number of rotatable bonds is 3. The Bertz CT molecular complexity index is 913. The second-order valence-electron chi connectivity index (χ2n) is 4.24. The number of aromatic nitrogens is 2. The largest absolute Gasteiger partial charge is 0.477 e. The normalized spacial score (nSPS) is 10.7. The molecule has 0 bridgehead atoms. The molecule has 5 nitrogen and oxygen atoms in total. The molecule has 3 rings (SSSR count). The summed E-state index contributed by atoms with van der Waals surface area (Å²) in [6.07, 6.45) is 0. The van der Waals surface area contributed by atoms with Crippen molar-refractivity contribution in [2.75, 3.05) is 0 Å². The van der Waals surface area contributed by atoms with E-state index >= 15 is 0 Å². The molecule has 0 radical (unpaired) electrons. The second kappa shape index (κ2) is 5.19. The number of H-pyrrole nitrogens is 1. The molecule has 0 amide bonds. The van der Waals surface area contributed by atoms with Crippen LogP contribution in [0.3, 0.4) is 0 Å². The lowest BCUT2D eigenvalue weighted by Crippen LogP contribution is -2.15. The highest BCUT2D eigenvalue weighted by molar-refractivity contribution is 7.81. The molecule has 21 heavy (non-hydrogen) atoms. The number of hydrogen-bond acceptors (Lipinski definition) is 5. The minimum absolute atomic E-state index is 0.0748. The van der Waals surface area contributed by atoms with Crippen molar-refractivity contribution in [1.82, 2.24) is 9.97 Å². The molecule has 0 saturated carbocycles. The number of carbonyl (C=O) groups is 1. The molecule has 104 valence electrons. The highest BCUT2D eigenvalue weighted by Gasteiger charge is 2.15. The van der Waals surface area contributed by atoms with Crippen LogP contribution >= 0.6 is 23.6 Å². The summed E-state index contributed by atoms with van der Waals surface area (Å²) in [6.45, 7) is 0. The van der Waals surface area contributed by atoms with E-state index in [9.17, 15) is 9.59 Å². The summed E-state index contributed by atoms with van der Waals surface area (Å²) in [5, 5.41) is 9.24. The van der Waals surface area contributed by atoms with Crippen LogP contribution in [0.5, 0.6) is 0 Å². The Kier molecular flexibility index (Phi) is 3.36. The third kappa shape index (κ3) is 2.48. The predicted octanol–water partition coefficient (Wildman–Crippen LogP) is 2.45. The van der Waals surface area contributed by atoms with Crippen molar-refractivity contribution in [2.45, 2.75) is 0 Å². The fraction of sp³-hybridized carbons (Fsp3) is 0. The van der Waals surface area contributed by atoms with E-state index in [1.54, 1.807) is 0 Å². The van der Waals surface area contributed by atoms with Crippen molar-refractivity contribution in [3.63, 3.8) is 0 Å². The highest BCUT2D eigenvalue weighted by Crippen LogP contribution is 2.21. The Labute approximate surface area is 127 Å². The van der Waals surface area contributed by atoms with Gasteiger partial charge in [-0.3, -0.25) is 4.79 Å². The zero-order chi connectivity index (χ0) is 15.0. The molecule has 3 aromatic rings. The van der Waals surface area contributed by atoms with Gasteiger partial charge in [-0.05, 0) is 11.6 Å². The minimum atomic E-state index is -1.08. The highest BCUT2D eigenvalue weighted by atomic mass is 32.1. The van der Waals surface area contributed by atoms with Crippen molar-refractivity contribution in [3.8, 4) is 0 Å². The van der Waals surface area contributed by atoms with Crippen LogP contribution in [0.25, 0.3) is 10.2 Å². The number of hydrogen-bond donors (Lipinski definition) is 2. The molecule has 0 aliphatic heterocycles. The van der Waals surface area contributed by atoms with Crippen LogP contribution in [0, 0.1) is 0 Å². The summed E-state index contributed by atoms with van der Waals surface area (Å²) in [5.41, 5.74) is 0.377. The van der Waals surface area contributed by atoms with Gasteiger partial charge in [0.15, 0.2) is 5.82 Å². The summed E-state index contributed by atoms with van der Waals surface area (Å²) >= 11 is 6.28.